The summed E-state index contributed by atoms with van der Waals surface area (Å²) in [6.07, 6.45) is 4.83. The summed E-state index contributed by atoms with van der Waals surface area (Å²) in [7, 11) is 0. The van der Waals surface area contributed by atoms with Crippen molar-refractivity contribution in [3.63, 3.8) is 0 Å². The van der Waals surface area contributed by atoms with Gasteiger partial charge < -0.3 is 14.6 Å². The molecule has 4 aromatic rings. The van der Waals surface area contributed by atoms with E-state index in [4.69, 9.17) is 21.3 Å². The molecule has 1 heterocycles. The van der Waals surface area contributed by atoms with Crippen LogP contribution in [-0.4, -0.2) is 28.6 Å². The van der Waals surface area contributed by atoms with Crippen LogP contribution in [0, 0.1) is 6.92 Å². The molecule has 0 saturated heterocycles. The molecule has 0 atom stereocenters. The molecule has 0 aliphatic carbocycles. The molecule has 0 fully saturated rings. The second-order valence-electron chi connectivity index (χ2n) is 8.76. The summed E-state index contributed by atoms with van der Waals surface area (Å²) in [6, 6.07) is 23.4. The number of amides is 1. The molecule has 6 heteroatoms. The number of unbranched alkanes of at least 4 members (excludes halogenated alkanes) is 2. The van der Waals surface area contributed by atoms with Crippen LogP contribution >= 0.6 is 11.6 Å². The Morgan fingerprint density at radius 2 is 1.71 bits per heavy atom. The first-order valence-corrected chi connectivity index (χ1v) is 12.7. The van der Waals surface area contributed by atoms with Gasteiger partial charge in [-0.05, 0) is 74.7 Å². The van der Waals surface area contributed by atoms with E-state index in [-0.39, 0.29) is 5.91 Å². The molecule has 0 bridgehead atoms. The minimum atomic E-state index is -0.00684. The highest BCUT2D eigenvalue weighted by molar-refractivity contribution is 6.30. The van der Waals surface area contributed by atoms with Crippen molar-refractivity contribution in [1.82, 2.24) is 14.9 Å². The number of nitrogens with zero attached hydrogens (tertiary/aromatic N) is 2. The van der Waals surface area contributed by atoms with Gasteiger partial charge in [0.25, 0.3) is 5.91 Å². The molecule has 0 saturated carbocycles. The van der Waals surface area contributed by atoms with Crippen molar-refractivity contribution in [1.29, 1.82) is 0 Å². The number of ether oxygens (including phenoxy) is 1. The average Bonchev–Trinajstić information content (AvgIpc) is 3.22. The zero-order valence-electron chi connectivity index (χ0n) is 20.2. The summed E-state index contributed by atoms with van der Waals surface area (Å²) in [6.45, 7) is 4.20. The van der Waals surface area contributed by atoms with Gasteiger partial charge >= 0.3 is 0 Å². The van der Waals surface area contributed by atoms with Gasteiger partial charge in [-0.1, -0.05) is 47.9 Å². The van der Waals surface area contributed by atoms with Crippen molar-refractivity contribution in [2.75, 3.05) is 13.2 Å². The number of hydrogen-bond acceptors (Lipinski definition) is 3. The van der Waals surface area contributed by atoms with Crippen molar-refractivity contribution < 1.29 is 9.53 Å². The number of aromatic nitrogens is 2. The lowest BCUT2D eigenvalue weighted by Crippen LogP contribution is -2.24. The van der Waals surface area contributed by atoms with Gasteiger partial charge in [0.15, 0.2) is 0 Å². The Labute approximate surface area is 212 Å². The first kappa shape index (κ1) is 24.8. The molecule has 182 valence electrons. The molecule has 0 radical (unpaired) electrons. The fourth-order valence-electron chi connectivity index (χ4n) is 4.10. The van der Waals surface area contributed by atoms with Crippen LogP contribution in [0.5, 0.6) is 5.75 Å². The summed E-state index contributed by atoms with van der Waals surface area (Å²) in [5, 5.41) is 3.73. The van der Waals surface area contributed by atoms with Gasteiger partial charge in [-0.25, -0.2) is 4.98 Å². The third kappa shape index (κ3) is 7.09. The lowest BCUT2D eigenvalue weighted by Gasteiger charge is -2.11. The van der Waals surface area contributed by atoms with E-state index in [1.165, 1.54) is 5.52 Å². The van der Waals surface area contributed by atoms with Gasteiger partial charge in [-0.2, -0.15) is 0 Å². The van der Waals surface area contributed by atoms with Crippen LogP contribution < -0.4 is 10.1 Å². The van der Waals surface area contributed by atoms with Gasteiger partial charge in [-0.3, -0.25) is 4.79 Å². The number of carbonyl (C=O) groups is 1. The number of benzene rings is 3. The van der Waals surface area contributed by atoms with Gasteiger partial charge in [0.2, 0.25) is 0 Å². The first-order chi connectivity index (χ1) is 17.1. The Kier molecular flexibility index (Phi) is 8.79. The Morgan fingerprint density at radius 1 is 0.943 bits per heavy atom. The van der Waals surface area contributed by atoms with E-state index in [0.717, 1.165) is 61.3 Å². The van der Waals surface area contributed by atoms with Gasteiger partial charge in [-0.15, -0.1) is 0 Å². The van der Waals surface area contributed by atoms with Crippen LogP contribution in [0.2, 0.25) is 5.02 Å². The quantitative estimate of drug-likeness (QED) is 0.228. The maximum atomic E-state index is 12.2. The number of nitrogens with one attached hydrogen (secondary N) is 1. The Hall–Kier alpha value is -3.31. The molecule has 0 unspecified atom stereocenters. The molecule has 35 heavy (non-hydrogen) atoms. The van der Waals surface area contributed by atoms with Crippen molar-refractivity contribution in [2.24, 2.45) is 0 Å². The Morgan fingerprint density at radius 3 is 2.51 bits per heavy atom. The third-order valence-corrected chi connectivity index (χ3v) is 6.27. The molecule has 1 amide bonds. The second-order valence-corrected chi connectivity index (χ2v) is 9.19. The summed E-state index contributed by atoms with van der Waals surface area (Å²) in [4.78, 5) is 17.1. The number of halogens is 1. The van der Waals surface area contributed by atoms with Crippen molar-refractivity contribution in [2.45, 2.75) is 45.6 Å². The molecule has 1 aromatic heterocycles. The molecule has 5 nitrogen and oxygen atoms in total. The molecule has 0 aliphatic heterocycles. The smallest absolute Gasteiger partial charge is 0.251 e. The van der Waals surface area contributed by atoms with E-state index < -0.39 is 0 Å². The van der Waals surface area contributed by atoms with E-state index in [9.17, 15) is 4.79 Å². The fraction of sp³-hybridized carbons (Fsp3) is 0.310. The Bertz CT molecular complexity index is 1230. The SMILES string of the molecule is Cc1ccc(C(=O)NCCCCCc2nc3ccccc3n2CCCOc2ccc(Cl)cc2)cc1. The van der Waals surface area contributed by atoms with E-state index in [1.807, 2.05) is 61.5 Å². The second kappa shape index (κ2) is 12.4. The maximum absolute atomic E-state index is 12.2. The van der Waals surface area contributed by atoms with Crippen LogP contribution in [0.4, 0.5) is 0 Å². The minimum absolute atomic E-state index is 0.00684. The standard InChI is InChI=1S/C29H32ClN3O2/c1-22-11-13-23(14-12-22)29(34)31-19-6-2-3-10-28-32-26-8-4-5-9-27(26)33(28)20-7-21-35-25-17-15-24(30)16-18-25/h4-5,8-9,11-18H,2-3,6-7,10,19-21H2,1H3,(H,31,34). The lowest BCUT2D eigenvalue weighted by atomic mass is 10.1. The predicted molar refractivity (Wildman–Crippen MR) is 142 cm³/mol. The molecule has 3 aromatic carbocycles. The number of rotatable bonds is 12. The van der Waals surface area contributed by atoms with E-state index in [2.05, 4.69) is 28.1 Å². The van der Waals surface area contributed by atoms with E-state index in [0.29, 0.717) is 23.7 Å². The van der Waals surface area contributed by atoms with Gasteiger partial charge in [0.05, 0.1) is 17.6 Å². The average molecular weight is 490 g/mol. The summed E-state index contributed by atoms with van der Waals surface area (Å²) in [5.41, 5.74) is 4.07. The zero-order chi connectivity index (χ0) is 24.5. The monoisotopic (exact) mass is 489 g/mol. The number of imidazole rings is 1. The number of hydrogen-bond donors (Lipinski definition) is 1. The van der Waals surface area contributed by atoms with Crippen LogP contribution in [0.25, 0.3) is 11.0 Å². The van der Waals surface area contributed by atoms with Crippen molar-refractivity contribution in [3.8, 4) is 5.75 Å². The number of para-hydroxylation sites is 2. The number of carbonyl (C=O) groups excluding carboxylic acids is 1. The van der Waals surface area contributed by atoms with Crippen molar-refractivity contribution in [3.05, 3.63) is 94.8 Å². The van der Waals surface area contributed by atoms with E-state index in [1.54, 1.807) is 0 Å². The van der Waals surface area contributed by atoms with Crippen LogP contribution in [0.3, 0.4) is 0 Å². The molecule has 1 N–H and O–H groups in total. The predicted octanol–water partition coefficient (Wildman–Crippen LogP) is 6.61. The molecule has 0 aliphatic rings. The third-order valence-electron chi connectivity index (χ3n) is 6.02. The normalized spacial score (nSPS) is 11.0. The molecular weight excluding hydrogens is 458 g/mol. The van der Waals surface area contributed by atoms with Crippen molar-refractivity contribution >= 4 is 28.5 Å². The Balaban J connectivity index is 1.23. The van der Waals surface area contributed by atoms with Crippen LogP contribution in [0.15, 0.2) is 72.8 Å². The maximum Gasteiger partial charge on any atom is 0.251 e. The molecule has 0 spiro atoms. The van der Waals surface area contributed by atoms with E-state index >= 15 is 0 Å². The van der Waals surface area contributed by atoms with Gasteiger partial charge in [0, 0.05) is 30.1 Å². The topological polar surface area (TPSA) is 56.2 Å². The summed E-state index contributed by atoms with van der Waals surface area (Å²) >= 11 is 5.94. The summed E-state index contributed by atoms with van der Waals surface area (Å²) < 4.78 is 8.19. The highest BCUT2D eigenvalue weighted by Crippen LogP contribution is 2.19. The molecular formula is C29H32ClN3O2. The highest BCUT2D eigenvalue weighted by Gasteiger charge is 2.10. The number of fused-ring (bicyclic) bond motifs is 1. The number of aryl methyl sites for hydroxylation is 3. The highest BCUT2D eigenvalue weighted by atomic mass is 35.5. The van der Waals surface area contributed by atoms with Gasteiger partial charge in [0.1, 0.15) is 11.6 Å². The lowest BCUT2D eigenvalue weighted by molar-refractivity contribution is 0.0953. The first-order valence-electron chi connectivity index (χ1n) is 12.3. The minimum Gasteiger partial charge on any atom is -0.494 e. The largest absolute Gasteiger partial charge is 0.494 e. The molecule has 4 rings (SSSR count). The van der Waals surface area contributed by atoms with Crippen LogP contribution in [0.1, 0.15) is 47.4 Å². The fourth-order valence-corrected chi connectivity index (χ4v) is 4.23. The summed E-state index contributed by atoms with van der Waals surface area (Å²) in [5.74, 6) is 1.94. The zero-order valence-corrected chi connectivity index (χ0v) is 20.9. The van der Waals surface area contributed by atoms with Crippen LogP contribution in [-0.2, 0) is 13.0 Å².